The fraction of sp³-hybridized carbons (Fsp3) is 0.160. The second kappa shape index (κ2) is 8.26. The van der Waals surface area contributed by atoms with Crippen LogP contribution < -0.4 is 9.64 Å². The van der Waals surface area contributed by atoms with Gasteiger partial charge in [0.05, 0.1) is 24.3 Å². The quantitative estimate of drug-likeness (QED) is 0.374. The lowest BCUT2D eigenvalue weighted by atomic mass is 9.95. The first kappa shape index (κ1) is 21.2. The molecule has 7 heteroatoms. The molecule has 0 aliphatic carbocycles. The fourth-order valence-corrected chi connectivity index (χ4v) is 4.03. The summed E-state index contributed by atoms with van der Waals surface area (Å²) in [4.78, 5) is 31.8. The maximum absolute atomic E-state index is 14.0. The number of methoxy groups -OCH3 is 1. The number of carbonyl (C=O) groups excluding carboxylic acids is 2. The van der Waals surface area contributed by atoms with E-state index in [2.05, 4.69) is 4.98 Å². The third-order valence-electron chi connectivity index (χ3n) is 5.49. The van der Waals surface area contributed by atoms with Crippen molar-refractivity contribution >= 4 is 23.1 Å². The highest BCUT2D eigenvalue weighted by atomic mass is 19.1. The summed E-state index contributed by atoms with van der Waals surface area (Å²) >= 11 is 0. The molecule has 0 radical (unpaired) electrons. The summed E-state index contributed by atoms with van der Waals surface area (Å²) in [5, 5.41) is 11.2. The van der Waals surface area contributed by atoms with Crippen LogP contribution in [0.2, 0.25) is 0 Å². The van der Waals surface area contributed by atoms with E-state index in [1.54, 1.807) is 30.6 Å². The van der Waals surface area contributed by atoms with Crippen LogP contribution in [0.1, 0.15) is 28.3 Å². The topological polar surface area (TPSA) is 79.7 Å². The molecule has 2 aromatic carbocycles. The van der Waals surface area contributed by atoms with E-state index in [-0.39, 0.29) is 16.9 Å². The van der Waals surface area contributed by atoms with Crippen molar-refractivity contribution in [3.05, 3.63) is 94.6 Å². The zero-order valence-electron chi connectivity index (χ0n) is 17.8. The van der Waals surface area contributed by atoms with Crippen molar-refractivity contribution in [2.75, 3.05) is 12.0 Å². The lowest BCUT2D eigenvalue weighted by molar-refractivity contribution is -0.132. The van der Waals surface area contributed by atoms with Crippen LogP contribution in [0.3, 0.4) is 0 Å². The van der Waals surface area contributed by atoms with Gasteiger partial charge in [0, 0.05) is 18.1 Å². The molecule has 1 N–H and O–H groups in total. The number of ether oxygens (including phenoxy) is 1. The van der Waals surface area contributed by atoms with Gasteiger partial charge >= 0.3 is 0 Å². The lowest BCUT2D eigenvalue weighted by Gasteiger charge is -2.27. The standard InChI is InChI=1S/C25H21FN2O4/c1-14-4-6-19(15(2)12-14)28-22(16-8-10-27-11-9-16)21(24(30)25(28)31)23(29)18-13-17(26)5-7-20(18)32-3/h4-13,22,29H,1-3H3/b23-21+. The predicted molar refractivity (Wildman–Crippen MR) is 118 cm³/mol. The Labute approximate surface area is 184 Å². The number of aryl methyl sites for hydroxylation is 2. The first-order valence-corrected chi connectivity index (χ1v) is 9.95. The number of benzene rings is 2. The number of aliphatic hydroxyl groups is 1. The van der Waals surface area contributed by atoms with Crippen molar-refractivity contribution in [3.8, 4) is 5.75 Å². The van der Waals surface area contributed by atoms with Crippen LogP contribution in [-0.4, -0.2) is 28.9 Å². The number of hydrogen-bond donors (Lipinski definition) is 1. The van der Waals surface area contributed by atoms with E-state index in [4.69, 9.17) is 4.74 Å². The molecule has 1 saturated heterocycles. The van der Waals surface area contributed by atoms with Crippen LogP contribution in [0.5, 0.6) is 5.75 Å². The number of rotatable bonds is 4. The van der Waals surface area contributed by atoms with Gasteiger partial charge in [-0.15, -0.1) is 0 Å². The first-order chi connectivity index (χ1) is 15.3. The van der Waals surface area contributed by atoms with Crippen LogP contribution in [0.25, 0.3) is 5.76 Å². The van der Waals surface area contributed by atoms with Crippen molar-refractivity contribution in [2.24, 2.45) is 0 Å². The van der Waals surface area contributed by atoms with E-state index in [9.17, 15) is 19.1 Å². The number of hydrogen-bond acceptors (Lipinski definition) is 5. The number of halogens is 1. The van der Waals surface area contributed by atoms with Gasteiger partial charge in [0.15, 0.2) is 0 Å². The van der Waals surface area contributed by atoms with Gasteiger partial charge in [0.2, 0.25) is 0 Å². The van der Waals surface area contributed by atoms with Crippen molar-refractivity contribution < 1.29 is 23.8 Å². The number of amides is 1. The molecule has 4 rings (SSSR count). The van der Waals surface area contributed by atoms with Gasteiger partial charge < -0.3 is 9.84 Å². The third kappa shape index (κ3) is 3.51. The summed E-state index contributed by atoms with van der Waals surface area (Å²) < 4.78 is 19.2. The van der Waals surface area contributed by atoms with E-state index in [0.29, 0.717) is 11.3 Å². The highest BCUT2D eigenvalue weighted by Gasteiger charge is 2.47. The molecule has 162 valence electrons. The van der Waals surface area contributed by atoms with E-state index in [1.807, 2.05) is 26.0 Å². The number of aliphatic hydroxyl groups excluding tert-OH is 1. The minimum Gasteiger partial charge on any atom is -0.507 e. The van der Waals surface area contributed by atoms with Gasteiger partial charge in [-0.05, 0) is 61.4 Å². The number of nitrogens with zero attached hydrogens (tertiary/aromatic N) is 2. The summed E-state index contributed by atoms with van der Waals surface area (Å²) in [7, 11) is 1.37. The highest BCUT2D eigenvalue weighted by Crippen LogP contribution is 2.44. The number of anilines is 1. The Bertz CT molecular complexity index is 1250. The van der Waals surface area contributed by atoms with Crippen molar-refractivity contribution in [1.82, 2.24) is 4.98 Å². The molecular weight excluding hydrogens is 411 g/mol. The van der Waals surface area contributed by atoms with E-state index in [1.165, 1.54) is 24.1 Å². The summed E-state index contributed by atoms with van der Waals surface area (Å²) in [5.74, 6) is -2.59. The van der Waals surface area contributed by atoms with Gasteiger partial charge in [0.25, 0.3) is 11.7 Å². The third-order valence-corrected chi connectivity index (χ3v) is 5.49. The summed E-state index contributed by atoms with van der Waals surface area (Å²) in [6.45, 7) is 3.78. The molecule has 2 heterocycles. The zero-order chi connectivity index (χ0) is 23.0. The maximum atomic E-state index is 14.0. The molecule has 1 amide bonds. The number of Topliss-reactive ketones (excluding diaryl/α,β-unsaturated/α-hetero) is 1. The number of carbonyl (C=O) groups is 2. The fourth-order valence-electron chi connectivity index (χ4n) is 4.03. The molecule has 0 saturated carbocycles. The Balaban J connectivity index is 2.00. The minimum absolute atomic E-state index is 0.00909. The van der Waals surface area contributed by atoms with Crippen molar-refractivity contribution in [3.63, 3.8) is 0 Å². The van der Waals surface area contributed by atoms with Crippen molar-refractivity contribution in [1.29, 1.82) is 0 Å². The predicted octanol–water partition coefficient (Wildman–Crippen LogP) is 4.47. The second-order valence-corrected chi connectivity index (χ2v) is 7.58. The molecule has 32 heavy (non-hydrogen) atoms. The van der Waals surface area contributed by atoms with E-state index in [0.717, 1.165) is 17.2 Å². The molecule has 0 spiro atoms. The molecule has 1 unspecified atom stereocenters. The molecule has 1 aliphatic heterocycles. The smallest absolute Gasteiger partial charge is 0.300 e. The van der Waals surface area contributed by atoms with Crippen LogP contribution in [0, 0.1) is 19.7 Å². The van der Waals surface area contributed by atoms with E-state index >= 15 is 0 Å². The van der Waals surface area contributed by atoms with Gasteiger partial charge in [-0.3, -0.25) is 19.5 Å². The zero-order valence-corrected chi connectivity index (χ0v) is 17.8. The molecular formula is C25H21FN2O4. The SMILES string of the molecule is COc1ccc(F)cc1/C(O)=C1\C(=O)C(=O)N(c2ccc(C)cc2C)C1c1ccncc1. The van der Waals surface area contributed by atoms with Crippen LogP contribution in [-0.2, 0) is 9.59 Å². The van der Waals surface area contributed by atoms with Crippen LogP contribution in [0.15, 0.2) is 66.5 Å². The average Bonchev–Trinajstić information content (AvgIpc) is 3.04. The molecule has 1 atom stereocenters. The van der Waals surface area contributed by atoms with Gasteiger partial charge in [0.1, 0.15) is 17.3 Å². The summed E-state index contributed by atoms with van der Waals surface area (Å²) in [6, 6.07) is 11.6. The largest absolute Gasteiger partial charge is 0.507 e. The van der Waals surface area contributed by atoms with E-state index < -0.39 is 29.3 Å². The first-order valence-electron chi connectivity index (χ1n) is 9.95. The van der Waals surface area contributed by atoms with Crippen LogP contribution >= 0.6 is 0 Å². The van der Waals surface area contributed by atoms with Gasteiger partial charge in [-0.25, -0.2) is 4.39 Å². The molecule has 0 bridgehead atoms. The van der Waals surface area contributed by atoms with Gasteiger partial charge in [-0.2, -0.15) is 0 Å². The summed E-state index contributed by atoms with van der Waals surface area (Å²) in [5.41, 5.74) is 2.78. The normalized spacial score (nSPS) is 17.6. The Morgan fingerprint density at radius 2 is 1.78 bits per heavy atom. The van der Waals surface area contributed by atoms with Gasteiger partial charge in [-0.1, -0.05) is 17.7 Å². The lowest BCUT2D eigenvalue weighted by Crippen LogP contribution is -2.30. The molecule has 1 aromatic heterocycles. The van der Waals surface area contributed by atoms with Crippen LogP contribution in [0.4, 0.5) is 10.1 Å². The number of aromatic nitrogens is 1. The number of ketones is 1. The maximum Gasteiger partial charge on any atom is 0.300 e. The molecule has 3 aromatic rings. The molecule has 1 fully saturated rings. The Morgan fingerprint density at radius 3 is 2.44 bits per heavy atom. The Morgan fingerprint density at radius 1 is 1.06 bits per heavy atom. The molecule has 6 nitrogen and oxygen atoms in total. The summed E-state index contributed by atoms with van der Waals surface area (Å²) in [6.07, 6.45) is 3.08. The van der Waals surface area contributed by atoms with Crippen molar-refractivity contribution in [2.45, 2.75) is 19.9 Å². The Hall–Kier alpha value is -4.00. The monoisotopic (exact) mass is 432 g/mol. The highest BCUT2D eigenvalue weighted by molar-refractivity contribution is 6.51. The second-order valence-electron chi connectivity index (χ2n) is 7.58. The number of pyridine rings is 1. The molecule has 1 aliphatic rings. The Kier molecular flexibility index (Phi) is 5.48. The minimum atomic E-state index is -0.924. The average molecular weight is 432 g/mol.